The Bertz CT molecular complexity index is 434. The number of carbonyl (C=O) groups is 4. The number of rotatable bonds is 13. The van der Waals surface area contributed by atoms with E-state index in [0.29, 0.717) is 25.5 Å². The van der Waals surface area contributed by atoms with Gasteiger partial charge < -0.3 is 19.3 Å². The van der Waals surface area contributed by atoms with Crippen molar-refractivity contribution in [1.29, 1.82) is 0 Å². The lowest BCUT2D eigenvalue weighted by atomic mass is 10.1. The van der Waals surface area contributed by atoms with E-state index in [1.54, 1.807) is 20.8 Å². The molecule has 3 atom stereocenters. The molecule has 25 heavy (non-hydrogen) atoms. The third kappa shape index (κ3) is 9.19. The van der Waals surface area contributed by atoms with Crippen molar-refractivity contribution in [2.75, 3.05) is 6.61 Å². The van der Waals surface area contributed by atoms with E-state index >= 15 is 0 Å². The summed E-state index contributed by atoms with van der Waals surface area (Å²) in [5.41, 5.74) is 0. The molecule has 0 aromatic rings. The van der Waals surface area contributed by atoms with Gasteiger partial charge in [-0.05, 0) is 19.3 Å². The molecule has 0 heterocycles. The molecule has 1 N–H and O–H groups in total. The summed E-state index contributed by atoms with van der Waals surface area (Å²) in [6.45, 7) is 4.61. The highest BCUT2D eigenvalue weighted by Crippen LogP contribution is 2.15. The van der Waals surface area contributed by atoms with Gasteiger partial charge in [-0.3, -0.25) is 19.2 Å². The van der Waals surface area contributed by atoms with Crippen LogP contribution in [-0.4, -0.2) is 54.2 Å². The fourth-order valence-electron chi connectivity index (χ4n) is 2.00. The molecule has 0 unspecified atom stereocenters. The largest absolute Gasteiger partial charge is 0.456 e. The van der Waals surface area contributed by atoms with Crippen molar-refractivity contribution < 1.29 is 38.5 Å². The minimum atomic E-state index is -1.47. The van der Waals surface area contributed by atoms with Gasteiger partial charge in [-0.1, -0.05) is 20.8 Å². The maximum absolute atomic E-state index is 11.8. The van der Waals surface area contributed by atoms with Crippen LogP contribution in [0.4, 0.5) is 0 Å². The van der Waals surface area contributed by atoms with Crippen molar-refractivity contribution in [3.05, 3.63) is 0 Å². The van der Waals surface area contributed by atoms with Gasteiger partial charge in [0.25, 0.3) is 0 Å². The Morgan fingerprint density at radius 3 is 1.68 bits per heavy atom. The third-order valence-electron chi connectivity index (χ3n) is 3.18. The molecule has 0 saturated carbocycles. The first-order valence-electron chi connectivity index (χ1n) is 8.57. The minimum absolute atomic E-state index is 0.0754. The van der Waals surface area contributed by atoms with Crippen LogP contribution in [0.2, 0.25) is 0 Å². The Hall–Kier alpha value is -1.96. The minimum Gasteiger partial charge on any atom is -0.456 e. The number of hydrogen-bond donors (Lipinski definition) is 1. The predicted molar refractivity (Wildman–Crippen MR) is 87.5 cm³/mol. The molecule has 0 aliphatic heterocycles. The summed E-state index contributed by atoms with van der Waals surface area (Å²) < 4.78 is 15.3. The fraction of sp³-hybridized carbons (Fsp3) is 0.765. The predicted octanol–water partition coefficient (Wildman–Crippen LogP) is 1.31. The summed E-state index contributed by atoms with van der Waals surface area (Å²) in [5, 5.41) is 9.51. The van der Waals surface area contributed by atoms with Crippen molar-refractivity contribution in [2.45, 2.75) is 77.6 Å². The number of aliphatic hydroxyl groups is 1. The van der Waals surface area contributed by atoms with Crippen LogP contribution in [0.5, 0.6) is 0 Å². The van der Waals surface area contributed by atoms with Gasteiger partial charge in [0, 0.05) is 19.3 Å². The Labute approximate surface area is 147 Å². The molecule has 0 aliphatic rings. The first-order valence-corrected chi connectivity index (χ1v) is 8.57. The van der Waals surface area contributed by atoms with E-state index < -0.39 is 42.8 Å². The van der Waals surface area contributed by atoms with Gasteiger partial charge in [0.15, 0.2) is 24.6 Å². The lowest BCUT2D eigenvalue weighted by Gasteiger charge is -2.29. The molecule has 0 spiro atoms. The van der Waals surface area contributed by atoms with E-state index in [0.717, 1.165) is 0 Å². The van der Waals surface area contributed by atoms with Crippen LogP contribution in [0.1, 0.15) is 59.3 Å². The zero-order chi connectivity index (χ0) is 19.2. The summed E-state index contributed by atoms with van der Waals surface area (Å²) in [4.78, 5) is 46.5. The van der Waals surface area contributed by atoms with E-state index in [2.05, 4.69) is 0 Å². The quantitative estimate of drug-likeness (QED) is 0.297. The third-order valence-corrected chi connectivity index (χ3v) is 3.18. The van der Waals surface area contributed by atoms with E-state index in [1.165, 1.54) is 0 Å². The Morgan fingerprint density at radius 2 is 1.28 bits per heavy atom. The lowest BCUT2D eigenvalue weighted by molar-refractivity contribution is -0.188. The fourth-order valence-corrected chi connectivity index (χ4v) is 2.00. The van der Waals surface area contributed by atoms with Crippen LogP contribution < -0.4 is 0 Å². The van der Waals surface area contributed by atoms with Crippen LogP contribution in [0.25, 0.3) is 0 Å². The first kappa shape index (κ1) is 23.0. The second-order valence-corrected chi connectivity index (χ2v) is 5.51. The van der Waals surface area contributed by atoms with E-state index in [9.17, 15) is 24.3 Å². The number of aliphatic hydroxyl groups excluding tert-OH is 1. The molecular weight excluding hydrogens is 332 g/mol. The summed E-state index contributed by atoms with van der Waals surface area (Å²) in [6.07, 6.45) is -2.06. The molecule has 0 aromatic heterocycles. The number of hydrogen-bond acceptors (Lipinski definition) is 8. The van der Waals surface area contributed by atoms with Gasteiger partial charge in [-0.25, -0.2) is 0 Å². The van der Waals surface area contributed by atoms with Crippen molar-refractivity contribution in [3.8, 4) is 0 Å². The summed E-state index contributed by atoms with van der Waals surface area (Å²) >= 11 is 0. The average Bonchev–Trinajstić information content (AvgIpc) is 2.56. The topological polar surface area (TPSA) is 116 Å². The second kappa shape index (κ2) is 13.3. The van der Waals surface area contributed by atoms with Crippen molar-refractivity contribution in [2.24, 2.45) is 0 Å². The van der Waals surface area contributed by atoms with Crippen LogP contribution in [0.15, 0.2) is 0 Å². The van der Waals surface area contributed by atoms with Crippen molar-refractivity contribution in [1.82, 2.24) is 0 Å². The standard InChI is InChI=1S/C17H28O8/c1-4-7-14(20)23-12(10-18)17(25-16(22)9-6-3)13(11-19)24-15(21)8-5-2/h10,12-13,17,19H,4-9,11H2,1-3H3/t12-,13+,17+/m0/s1. The lowest BCUT2D eigenvalue weighted by Crippen LogP contribution is -2.48. The van der Waals surface area contributed by atoms with Gasteiger partial charge in [0.05, 0.1) is 6.61 Å². The maximum Gasteiger partial charge on any atom is 0.306 e. The SMILES string of the molecule is CCCC(=O)O[C@H]([C@H](C=O)OC(=O)CCC)[C@@H](CO)OC(=O)CCC. The van der Waals surface area contributed by atoms with Crippen molar-refractivity contribution >= 4 is 24.2 Å². The van der Waals surface area contributed by atoms with E-state index in [4.69, 9.17) is 14.2 Å². The molecule has 0 amide bonds. The summed E-state index contributed by atoms with van der Waals surface area (Å²) in [6, 6.07) is 0. The highest BCUT2D eigenvalue weighted by atomic mass is 16.6. The zero-order valence-corrected chi connectivity index (χ0v) is 15.1. The maximum atomic E-state index is 11.8. The Morgan fingerprint density at radius 1 is 0.840 bits per heavy atom. The molecule has 0 aliphatic carbocycles. The van der Waals surface area contributed by atoms with Gasteiger partial charge in [0.1, 0.15) is 0 Å². The van der Waals surface area contributed by atoms with Crippen molar-refractivity contribution in [3.63, 3.8) is 0 Å². The number of ether oxygens (including phenoxy) is 3. The number of aldehydes is 1. The monoisotopic (exact) mass is 360 g/mol. The molecule has 144 valence electrons. The van der Waals surface area contributed by atoms with Gasteiger partial charge >= 0.3 is 17.9 Å². The zero-order valence-electron chi connectivity index (χ0n) is 15.1. The first-order chi connectivity index (χ1) is 11.9. The summed E-state index contributed by atoms with van der Waals surface area (Å²) in [7, 11) is 0. The number of esters is 3. The van der Waals surface area contributed by atoms with Crippen LogP contribution in [-0.2, 0) is 33.4 Å². The molecule has 8 heteroatoms. The molecule has 0 aromatic carbocycles. The molecule has 0 fully saturated rings. The average molecular weight is 360 g/mol. The Balaban J connectivity index is 5.31. The molecule has 8 nitrogen and oxygen atoms in total. The smallest absolute Gasteiger partial charge is 0.306 e. The van der Waals surface area contributed by atoms with Crippen LogP contribution >= 0.6 is 0 Å². The summed E-state index contributed by atoms with van der Waals surface area (Å²) in [5.74, 6) is -1.90. The normalized spacial score (nSPS) is 14.1. The van der Waals surface area contributed by atoms with E-state index in [-0.39, 0.29) is 19.3 Å². The molecular formula is C17H28O8. The molecule has 0 bridgehead atoms. The highest BCUT2D eigenvalue weighted by molar-refractivity contribution is 5.74. The molecule has 0 radical (unpaired) electrons. The second-order valence-electron chi connectivity index (χ2n) is 5.51. The van der Waals surface area contributed by atoms with Crippen LogP contribution in [0, 0.1) is 0 Å². The Kier molecular flexibility index (Phi) is 12.3. The van der Waals surface area contributed by atoms with E-state index in [1.807, 2.05) is 0 Å². The van der Waals surface area contributed by atoms with Crippen LogP contribution in [0.3, 0.4) is 0 Å². The van der Waals surface area contributed by atoms with Gasteiger partial charge in [-0.15, -0.1) is 0 Å². The van der Waals surface area contributed by atoms with Gasteiger partial charge in [0.2, 0.25) is 0 Å². The highest BCUT2D eigenvalue weighted by Gasteiger charge is 2.37. The number of carbonyl (C=O) groups excluding carboxylic acids is 4. The molecule has 0 saturated heterocycles. The molecule has 0 rings (SSSR count). The van der Waals surface area contributed by atoms with Gasteiger partial charge in [-0.2, -0.15) is 0 Å².